The van der Waals surface area contributed by atoms with Crippen molar-refractivity contribution in [2.45, 2.75) is 39.5 Å². The molecule has 0 unspecified atom stereocenters. The van der Waals surface area contributed by atoms with Crippen LogP contribution < -0.4 is 0 Å². The maximum absolute atomic E-state index is 6.59. The minimum absolute atomic E-state index is 0.326. The van der Waals surface area contributed by atoms with Crippen LogP contribution in [-0.2, 0) is 10.9 Å². The van der Waals surface area contributed by atoms with Crippen LogP contribution in [0.3, 0.4) is 0 Å². The Hall–Kier alpha value is -1.75. The number of halogens is 4. The summed E-state index contributed by atoms with van der Waals surface area (Å²) in [6.07, 6.45) is 0. The number of hydrogen-bond donors (Lipinski definition) is 0. The molecule has 0 heterocycles. The standard InChI is InChI=1S/C32H28Cl2N2.2BrH.Ni/c1-19(2)21-15-9-16-22(20(3)4)29(21)35-30-25-13-7-5-11-23(25)24-12-6-8-14-26(24)31(30)36-32-27(33)17-10-18-28(32)34;;;/h5-20H,1-4H3;2*1H;/q;;;+2/p-2. The number of hydrogen-bond acceptors (Lipinski definition) is 2. The van der Waals surface area contributed by atoms with Gasteiger partial charge < -0.3 is 0 Å². The quantitative estimate of drug-likeness (QED) is 0.187. The van der Waals surface area contributed by atoms with E-state index >= 15 is 0 Å². The van der Waals surface area contributed by atoms with Gasteiger partial charge in [0.2, 0.25) is 0 Å². The molecule has 204 valence electrons. The predicted octanol–water partition coefficient (Wildman–Crippen LogP) is 11.9. The number of benzene rings is 4. The summed E-state index contributed by atoms with van der Waals surface area (Å²) < 4.78 is 0. The predicted molar refractivity (Wildman–Crippen MR) is 173 cm³/mol. The van der Waals surface area contributed by atoms with Crippen LogP contribution in [0.25, 0.3) is 11.1 Å². The van der Waals surface area contributed by atoms with Crippen LogP contribution in [-0.4, -0.2) is 11.4 Å². The zero-order valence-corrected chi connectivity index (χ0v) is 27.6. The Labute approximate surface area is 261 Å². The molecule has 7 heteroatoms. The third-order valence-corrected chi connectivity index (χ3v) is 7.22. The molecule has 4 aromatic rings. The molecule has 1 aliphatic carbocycles. The summed E-state index contributed by atoms with van der Waals surface area (Å²) in [6, 6.07) is 28.7. The van der Waals surface area contributed by atoms with Crippen LogP contribution in [0, 0.1) is 0 Å². The van der Waals surface area contributed by atoms with Crippen molar-refractivity contribution < 1.29 is 10.9 Å². The summed E-state index contributed by atoms with van der Waals surface area (Å²) in [5.74, 6) is 0.653. The van der Waals surface area contributed by atoms with Gasteiger partial charge in [-0.15, -0.1) is 0 Å². The molecule has 0 spiro atoms. The van der Waals surface area contributed by atoms with Crippen molar-refractivity contribution in [2.24, 2.45) is 9.98 Å². The summed E-state index contributed by atoms with van der Waals surface area (Å²) in [5.41, 5.74) is 9.94. The van der Waals surface area contributed by atoms with E-state index in [9.17, 15) is 0 Å². The van der Waals surface area contributed by atoms with Gasteiger partial charge in [-0.2, -0.15) is 0 Å². The van der Waals surface area contributed by atoms with Gasteiger partial charge in [-0.1, -0.05) is 124 Å². The molecule has 0 saturated heterocycles. The first-order chi connectivity index (χ1) is 18.8. The van der Waals surface area contributed by atoms with Crippen LogP contribution in [0.2, 0.25) is 10.0 Å². The van der Waals surface area contributed by atoms with Gasteiger partial charge >= 0.3 is 39.3 Å². The summed E-state index contributed by atoms with van der Waals surface area (Å²) in [4.78, 5) is 10.5. The van der Waals surface area contributed by atoms with Gasteiger partial charge in [0.05, 0.1) is 27.2 Å². The van der Waals surface area contributed by atoms with E-state index in [0.717, 1.165) is 39.4 Å². The average Bonchev–Trinajstić information content (AvgIpc) is 2.92. The fraction of sp³-hybridized carbons (Fsp3) is 0.188. The number of aliphatic imine (C=N–C) groups is 2. The van der Waals surface area contributed by atoms with Crippen molar-refractivity contribution in [3.05, 3.63) is 117 Å². The van der Waals surface area contributed by atoms with E-state index in [1.165, 1.54) is 22.0 Å². The molecule has 4 aromatic carbocycles. The Morgan fingerprint density at radius 1 is 0.538 bits per heavy atom. The summed E-state index contributed by atoms with van der Waals surface area (Å²) in [5, 5.41) is 1.02. The molecular formula is C32H28Br2Cl2N2Ni. The van der Waals surface area contributed by atoms with Crippen molar-refractivity contribution in [3.63, 3.8) is 0 Å². The van der Waals surface area contributed by atoms with Gasteiger partial charge in [0.1, 0.15) is 5.69 Å². The topological polar surface area (TPSA) is 24.7 Å². The van der Waals surface area contributed by atoms with Crippen molar-refractivity contribution in [1.29, 1.82) is 0 Å². The van der Waals surface area contributed by atoms with E-state index in [1.54, 1.807) is 0 Å². The van der Waals surface area contributed by atoms with Gasteiger partial charge in [0.25, 0.3) is 0 Å². The first kappa shape index (κ1) is 30.2. The second kappa shape index (κ2) is 13.7. The third-order valence-electron chi connectivity index (χ3n) is 6.61. The number of fused-ring (bicyclic) bond motifs is 3. The first-order valence-corrected chi connectivity index (χ1v) is 18.2. The molecule has 0 amide bonds. The molecule has 0 radical (unpaired) electrons. The van der Waals surface area contributed by atoms with E-state index in [-0.39, 0.29) is 0 Å². The summed E-state index contributed by atoms with van der Waals surface area (Å²) in [7, 11) is 1.25. The van der Waals surface area contributed by atoms with Gasteiger partial charge in [-0.3, -0.25) is 0 Å². The Kier molecular flexibility index (Phi) is 10.6. The van der Waals surface area contributed by atoms with Crippen molar-refractivity contribution in [3.8, 4) is 11.1 Å². The molecule has 0 aliphatic heterocycles. The second-order valence-electron chi connectivity index (χ2n) is 9.72. The molecule has 2 nitrogen and oxygen atoms in total. The normalized spacial score (nSPS) is 14.4. The zero-order chi connectivity index (χ0) is 28.1. The SMILES string of the molecule is CC(C)c1cccc(C(C)C)c1N=C1C(=Nc2c(Cl)cccc2Cl)c2ccccc2-c2ccccc21.[Br][Ni][Br]. The Balaban J connectivity index is 0.00000112. The Bertz CT molecular complexity index is 1500. The molecule has 39 heavy (non-hydrogen) atoms. The molecule has 5 rings (SSSR count). The molecular weight excluding hydrogens is 702 g/mol. The third kappa shape index (κ3) is 6.60. The van der Waals surface area contributed by atoms with E-state index < -0.39 is 0 Å². The first-order valence-electron chi connectivity index (χ1n) is 12.5. The monoisotopic (exact) mass is 726 g/mol. The fourth-order valence-electron chi connectivity index (χ4n) is 4.79. The van der Waals surface area contributed by atoms with Crippen LogP contribution >= 0.6 is 51.7 Å². The molecule has 0 N–H and O–H groups in total. The van der Waals surface area contributed by atoms with E-state index in [0.29, 0.717) is 27.6 Å². The molecule has 1 aliphatic rings. The van der Waals surface area contributed by atoms with Crippen LogP contribution in [0.1, 0.15) is 61.8 Å². The Morgan fingerprint density at radius 3 is 1.31 bits per heavy atom. The second-order valence-corrected chi connectivity index (χ2v) is 15.5. The molecule has 0 fully saturated rings. The number of nitrogens with zero attached hydrogens (tertiary/aromatic N) is 2. The minimum atomic E-state index is 0.326. The van der Waals surface area contributed by atoms with Crippen LogP contribution in [0.15, 0.2) is 94.9 Å². The maximum atomic E-state index is 6.59. The van der Waals surface area contributed by atoms with E-state index in [1.807, 2.05) is 24.3 Å². The zero-order valence-electron chi connectivity index (χ0n) is 22.0. The fourth-order valence-corrected chi connectivity index (χ4v) is 5.27. The average molecular weight is 730 g/mol. The van der Waals surface area contributed by atoms with Gasteiger partial charge in [-0.05, 0) is 46.2 Å². The van der Waals surface area contributed by atoms with E-state index in [2.05, 4.69) is 117 Å². The molecule has 0 aromatic heterocycles. The summed E-state index contributed by atoms with van der Waals surface area (Å²) >= 11 is 19.2. The van der Waals surface area contributed by atoms with Gasteiger partial charge in [0.15, 0.2) is 0 Å². The van der Waals surface area contributed by atoms with Gasteiger partial charge in [-0.25, -0.2) is 9.98 Å². The Morgan fingerprint density at radius 2 is 0.897 bits per heavy atom. The van der Waals surface area contributed by atoms with Gasteiger partial charge in [0, 0.05) is 11.1 Å². The number of para-hydroxylation sites is 2. The van der Waals surface area contributed by atoms with Crippen LogP contribution in [0.4, 0.5) is 11.4 Å². The van der Waals surface area contributed by atoms with Crippen molar-refractivity contribution in [2.75, 3.05) is 0 Å². The van der Waals surface area contributed by atoms with Crippen molar-refractivity contribution >= 4 is 74.5 Å². The molecule has 0 saturated carbocycles. The van der Waals surface area contributed by atoms with Crippen LogP contribution in [0.5, 0.6) is 0 Å². The summed E-state index contributed by atoms with van der Waals surface area (Å²) in [6.45, 7) is 8.86. The number of rotatable bonds is 4. The van der Waals surface area contributed by atoms with Crippen molar-refractivity contribution in [1.82, 2.24) is 0 Å². The molecule has 0 atom stereocenters. The molecule has 0 bridgehead atoms. The van der Waals surface area contributed by atoms with E-state index in [4.69, 9.17) is 33.2 Å².